The Balaban J connectivity index is 3.17. The van der Waals surface area contributed by atoms with Gasteiger partial charge in [0.05, 0.1) is 10.6 Å². The second-order valence-corrected chi connectivity index (χ2v) is 6.89. The summed E-state index contributed by atoms with van der Waals surface area (Å²) in [5.41, 5.74) is 6.09. The molecule has 96 valence electrons. The molecule has 17 heavy (non-hydrogen) atoms. The lowest BCUT2D eigenvalue weighted by atomic mass is 9.96. The van der Waals surface area contributed by atoms with E-state index in [0.29, 0.717) is 10.6 Å². The van der Waals surface area contributed by atoms with Gasteiger partial charge in [0.2, 0.25) is 0 Å². The predicted octanol–water partition coefficient (Wildman–Crippen LogP) is 1.63. The van der Waals surface area contributed by atoms with Crippen molar-refractivity contribution < 1.29 is 8.42 Å². The fourth-order valence-corrected chi connectivity index (χ4v) is 2.20. The largest absolute Gasteiger partial charge is 0.378 e. The lowest BCUT2D eigenvalue weighted by Gasteiger charge is -2.32. The average molecular weight is 256 g/mol. The molecule has 0 saturated carbocycles. The number of nitrogens with two attached hydrogens (primary N) is 1. The lowest BCUT2D eigenvalue weighted by Crippen LogP contribution is -2.47. The van der Waals surface area contributed by atoms with Gasteiger partial charge in [-0.25, -0.2) is 8.42 Å². The van der Waals surface area contributed by atoms with Crippen LogP contribution >= 0.6 is 0 Å². The minimum absolute atomic E-state index is 0.102. The Hall–Kier alpha value is -1.07. The Morgan fingerprint density at radius 1 is 1.29 bits per heavy atom. The van der Waals surface area contributed by atoms with Crippen LogP contribution in [0.3, 0.4) is 0 Å². The van der Waals surface area contributed by atoms with E-state index < -0.39 is 9.84 Å². The van der Waals surface area contributed by atoms with Gasteiger partial charge in [0, 0.05) is 17.8 Å². The zero-order valence-corrected chi connectivity index (χ0v) is 11.5. The molecule has 0 spiro atoms. The second kappa shape index (κ2) is 4.66. The van der Waals surface area contributed by atoms with E-state index in [-0.39, 0.29) is 11.6 Å². The highest BCUT2D eigenvalue weighted by atomic mass is 32.2. The molecule has 0 aliphatic carbocycles. The van der Waals surface area contributed by atoms with Crippen molar-refractivity contribution in [3.63, 3.8) is 0 Å². The van der Waals surface area contributed by atoms with Crippen molar-refractivity contribution in [2.24, 2.45) is 5.73 Å². The minimum atomic E-state index is -3.23. The number of hydrogen-bond donors (Lipinski definition) is 2. The number of sulfone groups is 1. The summed E-state index contributed by atoms with van der Waals surface area (Å²) in [5.74, 6) is 0. The van der Waals surface area contributed by atoms with Crippen molar-refractivity contribution in [1.29, 1.82) is 0 Å². The summed E-state index contributed by atoms with van der Waals surface area (Å²) in [5, 5.41) is 3.19. The zero-order valence-electron chi connectivity index (χ0n) is 10.7. The van der Waals surface area contributed by atoms with Gasteiger partial charge in [-0.05, 0) is 32.9 Å². The predicted molar refractivity (Wildman–Crippen MR) is 70.9 cm³/mol. The first-order chi connectivity index (χ1) is 7.64. The summed E-state index contributed by atoms with van der Waals surface area (Å²) < 4.78 is 23.3. The number of nitrogens with one attached hydrogen (secondary N) is 1. The highest BCUT2D eigenvalue weighted by Crippen LogP contribution is 2.24. The quantitative estimate of drug-likeness (QED) is 0.859. The summed E-state index contributed by atoms with van der Waals surface area (Å²) in [7, 11) is -3.23. The molecule has 5 heteroatoms. The van der Waals surface area contributed by atoms with Crippen LogP contribution < -0.4 is 11.1 Å². The Morgan fingerprint density at radius 3 is 2.29 bits per heavy atom. The van der Waals surface area contributed by atoms with E-state index in [9.17, 15) is 8.42 Å². The van der Waals surface area contributed by atoms with Crippen LogP contribution in [0.25, 0.3) is 0 Å². The topological polar surface area (TPSA) is 72.2 Å². The molecule has 0 amide bonds. The molecule has 1 aromatic rings. The molecule has 3 N–H and O–H groups in total. The number of benzene rings is 1. The molecule has 0 radical (unpaired) electrons. The number of rotatable bonds is 4. The fraction of sp³-hybridized carbons (Fsp3) is 0.500. The van der Waals surface area contributed by atoms with E-state index in [0.717, 1.165) is 0 Å². The molecule has 0 heterocycles. The zero-order chi connectivity index (χ0) is 13.3. The van der Waals surface area contributed by atoms with Crippen LogP contribution in [-0.2, 0) is 9.84 Å². The minimum Gasteiger partial charge on any atom is -0.378 e. The molecule has 0 aliphatic heterocycles. The molecule has 1 aromatic carbocycles. The van der Waals surface area contributed by atoms with Gasteiger partial charge >= 0.3 is 0 Å². The van der Waals surface area contributed by atoms with Crippen LogP contribution in [0.1, 0.15) is 20.8 Å². The van der Waals surface area contributed by atoms with Gasteiger partial charge in [-0.3, -0.25) is 0 Å². The first-order valence-corrected chi connectivity index (χ1v) is 7.36. The molecular weight excluding hydrogens is 236 g/mol. The molecule has 0 bridgehead atoms. The van der Waals surface area contributed by atoms with Crippen molar-refractivity contribution >= 4 is 15.5 Å². The maximum Gasteiger partial charge on any atom is 0.177 e. The van der Waals surface area contributed by atoms with E-state index in [1.807, 2.05) is 20.8 Å². The van der Waals surface area contributed by atoms with Crippen molar-refractivity contribution in [2.45, 2.75) is 37.2 Å². The lowest BCUT2D eigenvalue weighted by molar-refractivity contribution is 0.469. The maximum absolute atomic E-state index is 11.6. The fourth-order valence-electron chi connectivity index (χ4n) is 1.35. The van der Waals surface area contributed by atoms with Crippen LogP contribution in [0, 0.1) is 0 Å². The summed E-state index contributed by atoms with van der Waals surface area (Å²) in [6, 6.07) is 6.75. The molecule has 1 atom stereocenters. The van der Waals surface area contributed by atoms with Gasteiger partial charge in [-0.15, -0.1) is 0 Å². The first-order valence-electron chi connectivity index (χ1n) is 5.47. The summed E-state index contributed by atoms with van der Waals surface area (Å²) in [4.78, 5) is 0.300. The van der Waals surface area contributed by atoms with E-state index in [1.165, 1.54) is 6.26 Å². The van der Waals surface area contributed by atoms with Gasteiger partial charge in [0.1, 0.15) is 0 Å². The average Bonchev–Trinajstić information content (AvgIpc) is 2.15. The molecule has 4 nitrogen and oxygen atoms in total. The van der Waals surface area contributed by atoms with Crippen LogP contribution in [0.15, 0.2) is 29.2 Å². The van der Waals surface area contributed by atoms with Crippen molar-refractivity contribution in [1.82, 2.24) is 0 Å². The van der Waals surface area contributed by atoms with E-state index in [2.05, 4.69) is 5.32 Å². The first kappa shape index (κ1) is 14.0. The van der Waals surface area contributed by atoms with Crippen molar-refractivity contribution in [3.8, 4) is 0 Å². The van der Waals surface area contributed by atoms with Gasteiger partial charge in [0.25, 0.3) is 0 Å². The van der Waals surface area contributed by atoms with Gasteiger partial charge in [-0.1, -0.05) is 12.1 Å². The standard InChI is InChI=1S/C12H20N2O2S/c1-9(13)12(2,3)14-10-7-5-6-8-11(10)17(4,15)16/h5-9,14H,13H2,1-4H3. The molecule has 0 aromatic heterocycles. The number of para-hydroxylation sites is 1. The Bertz CT molecular complexity index is 493. The Kier molecular flexibility index (Phi) is 3.84. The summed E-state index contributed by atoms with van der Waals surface area (Å²) >= 11 is 0. The van der Waals surface area contributed by atoms with Crippen LogP contribution in [0.2, 0.25) is 0 Å². The molecular formula is C12H20N2O2S. The van der Waals surface area contributed by atoms with Gasteiger partial charge in [-0.2, -0.15) is 0 Å². The molecule has 0 saturated heterocycles. The SMILES string of the molecule is CC(N)C(C)(C)Nc1ccccc1S(C)(=O)=O. The summed E-state index contributed by atoms with van der Waals surface area (Å²) in [6.07, 6.45) is 1.20. The Morgan fingerprint density at radius 2 is 1.82 bits per heavy atom. The monoisotopic (exact) mass is 256 g/mol. The van der Waals surface area contributed by atoms with Crippen LogP contribution in [0.4, 0.5) is 5.69 Å². The Labute approximate surface area is 103 Å². The highest BCUT2D eigenvalue weighted by Gasteiger charge is 2.24. The van der Waals surface area contributed by atoms with Crippen molar-refractivity contribution in [3.05, 3.63) is 24.3 Å². The van der Waals surface area contributed by atoms with E-state index >= 15 is 0 Å². The summed E-state index contributed by atoms with van der Waals surface area (Å²) in [6.45, 7) is 5.77. The highest BCUT2D eigenvalue weighted by molar-refractivity contribution is 7.90. The van der Waals surface area contributed by atoms with E-state index in [1.54, 1.807) is 24.3 Å². The third kappa shape index (κ3) is 3.44. The second-order valence-electron chi connectivity index (χ2n) is 4.90. The molecule has 1 unspecified atom stereocenters. The normalized spacial score (nSPS) is 14.4. The van der Waals surface area contributed by atoms with Crippen LogP contribution in [0.5, 0.6) is 0 Å². The third-order valence-corrected chi connectivity index (χ3v) is 4.04. The van der Waals surface area contributed by atoms with E-state index in [4.69, 9.17) is 5.73 Å². The smallest absolute Gasteiger partial charge is 0.177 e. The molecule has 1 rings (SSSR count). The third-order valence-electron chi connectivity index (χ3n) is 2.88. The van der Waals surface area contributed by atoms with Gasteiger partial charge in [0.15, 0.2) is 9.84 Å². The van der Waals surface area contributed by atoms with Gasteiger partial charge < -0.3 is 11.1 Å². The maximum atomic E-state index is 11.6. The number of anilines is 1. The molecule has 0 fully saturated rings. The van der Waals surface area contributed by atoms with Crippen LogP contribution in [-0.4, -0.2) is 26.3 Å². The van der Waals surface area contributed by atoms with Crippen molar-refractivity contribution in [2.75, 3.05) is 11.6 Å². The molecule has 0 aliphatic rings. The number of hydrogen-bond acceptors (Lipinski definition) is 4.